The topological polar surface area (TPSA) is 105 Å². The monoisotopic (exact) mass is 480 g/mol. The van der Waals surface area contributed by atoms with E-state index in [-0.39, 0.29) is 37.3 Å². The van der Waals surface area contributed by atoms with Crippen molar-refractivity contribution in [2.75, 3.05) is 19.7 Å². The highest BCUT2D eigenvalue weighted by Crippen LogP contribution is 2.44. The molecule has 0 spiro atoms. The first-order valence-corrected chi connectivity index (χ1v) is 12.4. The number of fused-ring (bicyclic) bond motifs is 3. The molecular formula is C28H36N2O5. The molecule has 7 nitrogen and oxygen atoms in total. The lowest BCUT2D eigenvalue weighted by atomic mass is 9.82. The number of carbonyl (C=O) groups is 3. The van der Waals surface area contributed by atoms with Crippen molar-refractivity contribution in [3.63, 3.8) is 0 Å². The number of amides is 2. The molecular weight excluding hydrogens is 444 g/mol. The Morgan fingerprint density at radius 2 is 1.54 bits per heavy atom. The van der Waals surface area contributed by atoms with E-state index in [0.29, 0.717) is 25.8 Å². The van der Waals surface area contributed by atoms with Gasteiger partial charge < -0.3 is 20.5 Å². The molecule has 1 aliphatic rings. The van der Waals surface area contributed by atoms with Gasteiger partial charge in [0.25, 0.3) is 0 Å². The number of carbonyl (C=O) groups excluding carboxylic acids is 2. The van der Waals surface area contributed by atoms with Crippen LogP contribution >= 0.6 is 0 Å². The summed E-state index contributed by atoms with van der Waals surface area (Å²) in [4.78, 5) is 36.1. The lowest BCUT2D eigenvalue weighted by molar-refractivity contribution is -0.149. The Morgan fingerprint density at radius 1 is 0.971 bits per heavy atom. The van der Waals surface area contributed by atoms with Crippen molar-refractivity contribution in [2.45, 2.75) is 52.4 Å². The highest BCUT2D eigenvalue weighted by atomic mass is 16.5. The highest BCUT2D eigenvalue weighted by molar-refractivity contribution is 5.80. The van der Waals surface area contributed by atoms with Crippen LogP contribution in [-0.4, -0.2) is 42.8 Å². The van der Waals surface area contributed by atoms with Gasteiger partial charge in [0.05, 0.1) is 5.41 Å². The van der Waals surface area contributed by atoms with E-state index in [9.17, 15) is 19.5 Å². The van der Waals surface area contributed by atoms with Gasteiger partial charge in [0.1, 0.15) is 6.61 Å². The summed E-state index contributed by atoms with van der Waals surface area (Å²) >= 11 is 0. The van der Waals surface area contributed by atoms with Crippen LogP contribution < -0.4 is 10.6 Å². The van der Waals surface area contributed by atoms with Gasteiger partial charge in [-0.15, -0.1) is 0 Å². The largest absolute Gasteiger partial charge is 0.481 e. The SMILES string of the molecule is CCC(CC)(CNC(=O)CCC(C)CNC(=O)OCC1c2ccccc2-c2ccccc21)C(=O)O. The fourth-order valence-corrected chi connectivity index (χ4v) is 4.62. The summed E-state index contributed by atoms with van der Waals surface area (Å²) < 4.78 is 5.55. The van der Waals surface area contributed by atoms with Gasteiger partial charge in [-0.3, -0.25) is 9.59 Å². The van der Waals surface area contributed by atoms with Crippen LogP contribution in [0.25, 0.3) is 11.1 Å². The molecule has 0 radical (unpaired) electrons. The molecule has 188 valence electrons. The fourth-order valence-electron chi connectivity index (χ4n) is 4.62. The van der Waals surface area contributed by atoms with E-state index in [1.807, 2.05) is 45.0 Å². The summed E-state index contributed by atoms with van der Waals surface area (Å²) in [6.45, 7) is 6.38. The van der Waals surface area contributed by atoms with Crippen molar-refractivity contribution in [2.24, 2.45) is 11.3 Å². The average molecular weight is 481 g/mol. The number of carboxylic acid groups (broad SMARTS) is 1. The fraction of sp³-hybridized carbons (Fsp3) is 0.464. The molecule has 1 atom stereocenters. The number of aliphatic carboxylic acids is 1. The van der Waals surface area contributed by atoms with E-state index in [1.165, 1.54) is 22.3 Å². The zero-order valence-electron chi connectivity index (χ0n) is 20.8. The van der Waals surface area contributed by atoms with Crippen LogP contribution in [0.2, 0.25) is 0 Å². The first-order chi connectivity index (χ1) is 16.8. The summed E-state index contributed by atoms with van der Waals surface area (Å²) in [5, 5.41) is 15.0. The minimum Gasteiger partial charge on any atom is -0.481 e. The summed E-state index contributed by atoms with van der Waals surface area (Å²) in [5.74, 6) is -0.977. The van der Waals surface area contributed by atoms with Crippen LogP contribution in [0.15, 0.2) is 48.5 Å². The molecule has 3 rings (SSSR count). The molecule has 7 heteroatoms. The quantitative estimate of drug-likeness (QED) is 0.399. The maximum atomic E-state index is 12.3. The third-order valence-electron chi connectivity index (χ3n) is 7.23. The highest BCUT2D eigenvalue weighted by Gasteiger charge is 2.35. The van der Waals surface area contributed by atoms with Crippen LogP contribution in [0.4, 0.5) is 4.79 Å². The Bertz CT molecular complexity index is 1000. The van der Waals surface area contributed by atoms with Gasteiger partial charge in [-0.2, -0.15) is 0 Å². The van der Waals surface area contributed by atoms with Crippen molar-refractivity contribution >= 4 is 18.0 Å². The lowest BCUT2D eigenvalue weighted by Gasteiger charge is -2.26. The van der Waals surface area contributed by atoms with Gasteiger partial charge in [0, 0.05) is 25.4 Å². The summed E-state index contributed by atoms with van der Waals surface area (Å²) in [6.07, 6.45) is 1.30. The molecule has 0 bridgehead atoms. The van der Waals surface area contributed by atoms with Gasteiger partial charge in [0.15, 0.2) is 0 Å². The van der Waals surface area contributed by atoms with Crippen LogP contribution in [0.3, 0.4) is 0 Å². The molecule has 0 saturated carbocycles. The molecule has 2 aromatic carbocycles. The molecule has 35 heavy (non-hydrogen) atoms. The number of hydrogen-bond acceptors (Lipinski definition) is 4. The minimum atomic E-state index is -0.924. The second kappa shape index (κ2) is 11.9. The maximum absolute atomic E-state index is 12.3. The number of hydrogen-bond donors (Lipinski definition) is 3. The van der Waals surface area contributed by atoms with Gasteiger partial charge >= 0.3 is 12.1 Å². The van der Waals surface area contributed by atoms with Crippen LogP contribution in [0.5, 0.6) is 0 Å². The minimum absolute atomic E-state index is 0.0124. The summed E-state index contributed by atoms with van der Waals surface area (Å²) in [7, 11) is 0. The smallest absolute Gasteiger partial charge is 0.407 e. The molecule has 0 aromatic heterocycles. The van der Waals surface area contributed by atoms with E-state index in [1.54, 1.807) is 0 Å². The predicted molar refractivity (Wildman–Crippen MR) is 135 cm³/mol. The molecule has 0 aliphatic heterocycles. The molecule has 0 fully saturated rings. The number of alkyl carbamates (subject to hydrolysis) is 1. The molecule has 2 aromatic rings. The number of nitrogens with one attached hydrogen (secondary N) is 2. The van der Waals surface area contributed by atoms with E-state index in [2.05, 4.69) is 34.9 Å². The normalized spacial score (nSPS) is 13.5. The second-order valence-electron chi connectivity index (χ2n) is 9.42. The molecule has 1 aliphatic carbocycles. The van der Waals surface area contributed by atoms with Crippen molar-refractivity contribution in [1.29, 1.82) is 0 Å². The van der Waals surface area contributed by atoms with Gasteiger partial charge in [-0.1, -0.05) is 69.3 Å². The average Bonchev–Trinajstić information content (AvgIpc) is 3.19. The standard InChI is InChI=1S/C28H36N2O5/c1-4-28(5-2,26(32)33)18-30-25(31)15-14-19(3)16-29-27(34)35-17-24-22-12-8-6-10-20(22)21-11-7-9-13-23(21)24/h6-13,19,24H,4-5,14-18H2,1-3H3,(H,29,34)(H,30,31)(H,32,33). The van der Waals surface area contributed by atoms with E-state index in [0.717, 1.165) is 0 Å². The van der Waals surface area contributed by atoms with E-state index >= 15 is 0 Å². The maximum Gasteiger partial charge on any atom is 0.407 e. The zero-order valence-corrected chi connectivity index (χ0v) is 20.8. The number of ether oxygens (including phenoxy) is 1. The number of benzene rings is 2. The Kier molecular flexibility index (Phi) is 8.90. The second-order valence-corrected chi connectivity index (χ2v) is 9.42. The first kappa shape index (κ1) is 26.3. The van der Waals surface area contributed by atoms with Crippen molar-refractivity contribution in [3.05, 3.63) is 59.7 Å². The van der Waals surface area contributed by atoms with Crippen molar-refractivity contribution in [3.8, 4) is 11.1 Å². The van der Waals surface area contributed by atoms with Gasteiger partial charge in [-0.05, 0) is 47.4 Å². The molecule has 3 N–H and O–H groups in total. The number of rotatable bonds is 12. The molecule has 0 heterocycles. The predicted octanol–water partition coefficient (Wildman–Crippen LogP) is 4.95. The van der Waals surface area contributed by atoms with Crippen molar-refractivity contribution in [1.82, 2.24) is 10.6 Å². The van der Waals surface area contributed by atoms with Crippen LogP contribution in [0.1, 0.15) is 63.5 Å². The third kappa shape index (κ3) is 6.21. The zero-order chi connectivity index (χ0) is 25.4. The van der Waals surface area contributed by atoms with E-state index < -0.39 is 17.5 Å². The number of carboxylic acids is 1. The summed E-state index contributed by atoms with van der Waals surface area (Å²) in [6, 6.07) is 16.4. The van der Waals surface area contributed by atoms with E-state index in [4.69, 9.17) is 4.74 Å². The molecule has 1 unspecified atom stereocenters. The summed E-state index contributed by atoms with van der Waals surface area (Å²) in [5.41, 5.74) is 3.77. The van der Waals surface area contributed by atoms with Gasteiger partial charge in [-0.25, -0.2) is 4.79 Å². The molecule has 0 saturated heterocycles. The van der Waals surface area contributed by atoms with Crippen LogP contribution in [0, 0.1) is 11.3 Å². The van der Waals surface area contributed by atoms with Crippen molar-refractivity contribution < 1.29 is 24.2 Å². The Morgan fingerprint density at radius 3 is 2.09 bits per heavy atom. The van der Waals surface area contributed by atoms with Crippen LogP contribution in [-0.2, 0) is 14.3 Å². The Hall–Kier alpha value is -3.35. The first-order valence-electron chi connectivity index (χ1n) is 12.4. The lowest BCUT2D eigenvalue weighted by Crippen LogP contribution is -2.42. The Balaban J connectivity index is 1.40. The Labute approximate surface area is 207 Å². The van der Waals surface area contributed by atoms with Gasteiger partial charge in [0.2, 0.25) is 5.91 Å². The molecule has 2 amide bonds. The third-order valence-corrected chi connectivity index (χ3v) is 7.23.